The maximum absolute atomic E-state index is 5.95. The van der Waals surface area contributed by atoms with Crippen molar-refractivity contribution >= 4 is 5.82 Å². The molecule has 0 fully saturated rings. The van der Waals surface area contributed by atoms with Crippen LogP contribution in [0, 0.1) is 5.41 Å². The molecular formula is C19H23N5O. The van der Waals surface area contributed by atoms with Crippen LogP contribution in [0.4, 0.5) is 5.82 Å². The second-order valence-electron chi connectivity index (χ2n) is 7.23. The average Bonchev–Trinajstić information content (AvgIpc) is 3.02. The van der Waals surface area contributed by atoms with E-state index < -0.39 is 0 Å². The summed E-state index contributed by atoms with van der Waals surface area (Å²) in [5.74, 6) is 1.32. The van der Waals surface area contributed by atoms with Crippen molar-refractivity contribution in [2.75, 3.05) is 12.3 Å². The summed E-state index contributed by atoms with van der Waals surface area (Å²) >= 11 is 0. The van der Waals surface area contributed by atoms with Crippen LogP contribution in [-0.4, -0.2) is 27.0 Å². The molecule has 0 radical (unpaired) electrons. The minimum Gasteiger partial charge on any atom is -0.493 e. The summed E-state index contributed by atoms with van der Waals surface area (Å²) in [6.45, 7) is 7.13. The Bertz CT molecular complexity index is 834. The van der Waals surface area contributed by atoms with Gasteiger partial charge in [0.1, 0.15) is 17.3 Å². The standard InChI is InChI=1S/C19H23N5O/c1-19(2,3)12-25-14-8-6-13(7-9-14)11-16-17(23-24-22-16)15-5-4-10-21-18(15)20/h4-10H,11-12H2,1-3H3,(H2,20,21)(H,22,23,24). The summed E-state index contributed by atoms with van der Waals surface area (Å²) < 4.78 is 5.81. The zero-order valence-corrected chi connectivity index (χ0v) is 14.8. The Labute approximate surface area is 147 Å². The van der Waals surface area contributed by atoms with Gasteiger partial charge < -0.3 is 10.5 Å². The number of benzene rings is 1. The van der Waals surface area contributed by atoms with Gasteiger partial charge in [-0.2, -0.15) is 15.4 Å². The van der Waals surface area contributed by atoms with Gasteiger partial charge in [0.15, 0.2) is 0 Å². The summed E-state index contributed by atoms with van der Waals surface area (Å²) in [5, 5.41) is 11.2. The topological polar surface area (TPSA) is 89.7 Å². The van der Waals surface area contributed by atoms with E-state index in [1.54, 1.807) is 6.20 Å². The first kappa shape index (κ1) is 17.0. The fourth-order valence-corrected chi connectivity index (χ4v) is 2.41. The number of anilines is 1. The Morgan fingerprint density at radius 3 is 2.52 bits per heavy atom. The Morgan fingerprint density at radius 1 is 1.08 bits per heavy atom. The molecule has 0 unspecified atom stereocenters. The molecule has 0 amide bonds. The van der Waals surface area contributed by atoms with Crippen LogP contribution in [0.3, 0.4) is 0 Å². The number of nitrogen functional groups attached to an aromatic ring is 1. The molecule has 6 nitrogen and oxygen atoms in total. The average molecular weight is 337 g/mol. The second kappa shape index (κ2) is 6.93. The van der Waals surface area contributed by atoms with Crippen molar-refractivity contribution in [1.82, 2.24) is 20.4 Å². The van der Waals surface area contributed by atoms with E-state index in [9.17, 15) is 0 Å². The lowest BCUT2D eigenvalue weighted by Crippen LogP contribution is -2.16. The number of aromatic amines is 1. The number of ether oxygens (including phenoxy) is 1. The summed E-state index contributed by atoms with van der Waals surface area (Å²) in [6.07, 6.45) is 2.31. The molecule has 0 aliphatic heterocycles. The minimum atomic E-state index is 0.137. The first-order valence-corrected chi connectivity index (χ1v) is 8.25. The van der Waals surface area contributed by atoms with Gasteiger partial charge in [0, 0.05) is 18.2 Å². The van der Waals surface area contributed by atoms with Crippen LogP contribution in [0.5, 0.6) is 5.75 Å². The molecule has 130 valence electrons. The SMILES string of the molecule is CC(C)(C)COc1ccc(Cc2n[nH]nc2-c2cccnc2N)cc1. The van der Waals surface area contributed by atoms with Crippen LogP contribution in [0.25, 0.3) is 11.3 Å². The third-order valence-electron chi connectivity index (χ3n) is 3.68. The number of hydrogen-bond donors (Lipinski definition) is 2. The molecule has 3 aromatic rings. The van der Waals surface area contributed by atoms with Crippen LogP contribution >= 0.6 is 0 Å². The molecule has 3 N–H and O–H groups in total. The first-order valence-electron chi connectivity index (χ1n) is 8.25. The third-order valence-corrected chi connectivity index (χ3v) is 3.68. The number of H-pyrrole nitrogens is 1. The van der Waals surface area contributed by atoms with Crippen LogP contribution < -0.4 is 10.5 Å². The van der Waals surface area contributed by atoms with Gasteiger partial charge in [-0.05, 0) is 35.2 Å². The molecule has 0 bridgehead atoms. The summed E-state index contributed by atoms with van der Waals surface area (Å²) in [4.78, 5) is 4.11. The van der Waals surface area contributed by atoms with Gasteiger partial charge in [-0.1, -0.05) is 32.9 Å². The summed E-state index contributed by atoms with van der Waals surface area (Å²) in [6, 6.07) is 11.8. The molecule has 0 aliphatic rings. The van der Waals surface area contributed by atoms with Crippen molar-refractivity contribution in [3.05, 3.63) is 53.9 Å². The Morgan fingerprint density at radius 2 is 1.84 bits per heavy atom. The van der Waals surface area contributed by atoms with Crippen molar-refractivity contribution in [3.63, 3.8) is 0 Å². The number of pyridine rings is 1. The Hall–Kier alpha value is -2.89. The van der Waals surface area contributed by atoms with E-state index in [0.29, 0.717) is 18.8 Å². The summed E-state index contributed by atoms with van der Waals surface area (Å²) in [5.41, 5.74) is 9.57. The van der Waals surface area contributed by atoms with Gasteiger partial charge in [-0.25, -0.2) is 4.98 Å². The number of hydrogen-bond acceptors (Lipinski definition) is 5. The highest BCUT2D eigenvalue weighted by Crippen LogP contribution is 2.26. The maximum atomic E-state index is 5.95. The van der Waals surface area contributed by atoms with Gasteiger partial charge in [0.2, 0.25) is 0 Å². The molecule has 3 rings (SSSR count). The first-order chi connectivity index (χ1) is 11.9. The van der Waals surface area contributed by atoms with Crippen molar-refractivity contribution in [1.29, 1.82) is 0 Å². The van der Waals surface area contributed by atoms with Crippen LogP contribution in [0.2, 0.25) is 0 Å². The quantitative estimate of drug-likeness (QED) is 0.744. The van der Waals surface area contributed by atoms with E-state index in [0.717, 1.165) is 28.3 Å². The van der Waals surface area contributed by atoms with E-state index in [-0.39, 0.29) is 5.41 Å². The second-order valence-corrected chi connectivity index (χ2v) is 7.23. The highest BCUT2D eigenvalue weighted by Gasteiger charge is 2.14. The van der Waals surface area contributed by atoms with Crippen LogP contribution in [0.1, 0.15) is 32.0 Å². The van der Waals surface area contributed by atoms with Gasteiger partial charge in [-0.3, -0.25) is 0 Å². The molecule has 0 atom stereocenters. The van der Waals surface area contributed by atoms with E-state index >= 15 is 0 Å². The monoisotopic (exact) mass is 337 g/mol. The van der Waals surface area contributed by atoms with Crippen LogP contribution in [-0.2, 0) is 6.42 Å². The third kappa shape index (κ3) is 4.35. The van der Waals surface area contributed by atoms with E-state index in [1.807, 2.05) is 36.4 Å². The zero-order valence-electron chi connectivity index (χ0n) is 14.8. The molecule has 6 heteroatoms. The molecule has 0 saturated heterocycles. The smallest absolute Gasteiger partial charge is 0.132 e. The van der Waals surface area contributed by atoms with E-state index in [4.69, 9.17) is 10.5 Å². The highest BCUT2D eigenvalue weighted by atomic mass is 16.5. The lowest BCUT2D eigenvalue weighted by Gasteiger charge is -2.18. The Balaban J connectivity index is 1.74. The molecule has 25 heavy (non-hydrogen) atoms. The predicted octanol–water partition coefficient (Wildman–Crippen LogP) is 3.46. The lowest BCUT2D eigenvalue weighted by molar-refractivity contribution is 0.198. The molecule has 0 spiro atoms. The molecule has 0 saturated carbocycles. The maximum Gasteiger partial charge on any atom is 0.132 e. The molecule has 0 aliphatic carbocycles. The minimum absolute atomic E-state index is 0.137. The Kier molecular flexibility index (Phi) is 4.70. The fraction of sp³-hybridized carbons (Fsp3) is 0.316. The van der Waals surface area contributed by atoms with Gasteiger partial charge in [-0.15, -0.1) is 0 Å². The van der Waals surface area contributed by atoms with Crippen LogP contribution in [0.15, 0.2) is 42.6 Å². The lowest BCUT2D eigenvalue weighted by atomic mass is 9.99. The zero-order chi connectivity index (χ0) is 17.9. The number of nitrogens with one attached hydrogen (secondary N) is 1. The largest absolute Gasteiger partial charge is 0.493 e. The van der Waals surface area contributed by atoms with Crippen molar-refractivity contribution in [2.45, 2.75) is 27.2 Å². The number of nitrogens with zero attached hydrogens (tertiary/aromatic N) is 3. The van der Waals surface area contributed by atoms with Crippen molar-refractivity contribution in [2.24, 2.45) is 5.41 Å². The molecular weight excluding hydrogens is 314 g/mol. The summed E-state index contributed by atoms with van der Waals surface area (Å²) in [7, 11) is 0. The van der Waals surface area contributed by atoms with Crippen molar-refractivity contribution in [3.8, 4) is 17.0 Å². The van der Waals surface area contributed by atoms with Gasteiger partial charge in [0.05, 0.1) is 12.3 Å². The van der Waals surface area contributed by atoms with Gasteiger partial charge in [0.25, 0.3) is 0 Å². The molecule has 2 heterocycles. The van der Waals surface area contributed by atoms with Gasteiger partial charge >= 0.3 is 0 Å². The highest BCUT2D eigenvalue weighted by molar-refractivity contribution is 5.72. The number of rotatable bonds is 5. The number of nitrogens with two attached hydrogens (primary N) is 1. The van der Waals surface area contributed by atoms with E-state index in [1.165, 1.54) is 0 Å². The molecule has 2 aromatic heterocycles. The predicted molar refractivity (Wildman–Crippen MR) is 98.2 cm³/mol. The normalized spacial score (nSPS) is 11.5. The van der Waals surface area contributed by atoms with E-state index in [2.05, 4.69) is 41.2 Å². The fourth-order valence-electron chi connectivity index (χ4n) is 2.41. The molecule has 1 aromatic carbocycles. The number of aromatic nitrogens is 4. The van der Waals surface area contributed by atoms with Crippen molar-refractivity contribution < 1.29 is 4.74 Å².